The number of hydrogen-bond acceptors (Lipinski definition) is 4. The van der Waals surface area contributed by atoms with E-state index in [1.165, 1.54) is 5.69 Å². The molecule has 0 saturated carbocycles. The molecule has 2 aromatic carbocycles. The van der Waals surface area contributed by atoms with Gasteiger partial charge in [-0.25, -0.2) is 4.98 Å². The summed E-state index contributed by atoms with van der Waals surface area (Å²) < 4.78 is 2.23. The summed E-state index contributed by atoms with van der Waals surface area (Å²) in [5.41, 5.74) is 4.02. The topological polar surface area (TPSA) is 53.3 Å². The molecule has 0 aliphatic carbocycles. The third kappa shape index (κ3) is 4.97. The van der Waals surface area contributed by atoms with Gasteiger partial charge in [0.15, 0.2) is 0 Å². The maximum atomic E-state index is 9.11. The van der Waals surface area contributed by atoms with Crippen molar-refractivity contribution in [3.63, 3.8) is 0 Å². The van der Waals surface area contributed by atoms with Crippen LogP contribution in [0.2, 0.25) is 10.0 Å². The summed E-state index contributed by atoms with van der Waals surface area (Å²) in [6.07, 6.45) is 2.73. The van der Waals surface area contributed by atoms with Crippen LogP contribution in [-0.2, 0) is 6.54 Å². The van der Waals surface area contributed by atoms with Crippen molar-refractivity contribution in [3.8, 4) is 0 Å². The second-order valence-corrected chi connectivity index (χ2v) is 7.78. The summed E-state index contributed by atoms with van der Waals surface area (Å²) in [4.78, 5) is 7.21. The van der Waals surface area contributed by atoms with Gasteiger partial charge in [-0.05, 0) is 63.4 Å². The second kappa shape index (κ2) is 10.2. The molecule has 0 unspecified atom stereocenters. The zero-order valence-corrected chi connectivity index (χ0v) is 18.5. The molecule has 0 radical (unpaired) electrons. The van der Waals surface area contributed by atoms with Gasteiger partial charge in [-0.15, -0.1) is 0 Å². The molecule has 0 saturated heterocycles. The van der Waals surface area contributed by atoms with Gasteiger partial charge in [-0.3, -0.25) is 0 Å². The summed E-state index contributed by atoms with van der Waals surface area (Å²) in [6, 6.07) is 11.7. The van der Waals surface area contributed by atoms with E-state index in [9.17, 15) is 0 Å². The van der Waals surface area contributed by atoms with E-state index in [1.54, 1.807) is 6.07 Å². The fourth-order valence-corrected chi connectivity index (χ4v) is 4.02. The molecule has 0 atom stereocenters. The third-order valence-electron chi connectivity index (χ3n) is 5.07. The van der Waals surface area contributed by atoms with Crippen LogP contribution < -0.4 is 10.2 Å². The molecule has 0 bridgehead atoms. The van der Waals surface area contributed by atoms with Crippen LogP contribution in [0.4, 0.5) is 17.3 Å². The predicted octanol–water partition coefficient (Wildman–Crippen LogP) is 6.10. The maximum Gasteiger partial charge on any atom is 0.208 e. The molecule has 0 spiro atoms. The first-order valence-corrected chi connectivity index (χ1v) is 10.9. The van der Waals surface area contributed by atoms with Crippen LogP contribution in [0, 0.1) is 0 Å². The van der Waals surface area contributed by atoms with E-state index in [0.717, 1.165) is 61.6 Å². The Morgan fingerprint density at radius 2 is 1.86 bits per heavy atom. The Morgan fingerprint density at radius 1 is 1.07 bits per heavy atom. The third-order valence-corrected chi connectivity index (χ3v) is 5.61. The molecule has 1 aromatic heterocycles. The molecular weight excluding hydrogens is 407 g/mol. The number of para-hydroxylation sites is 1. The average molecular weight is 435 g/mol. The van der Waals surface area contributed by atoms with E-state index in [2.05, 4.69) is 40.8 Å². The lowest BCUT2D eigenvalue weighted by Crippen LogP contribution is -2.22. The molecule has 0 aliphatic rings. The van der Waals surface area contributed by atoms with Crippen molar-refractivity contribution in [1.29, 1.82) is 0 Å². The van der Waals surface area contributed by atoms with Crippen LogP contribution in [0.3, 0.4) is 0 Å². The number of hydrogen-bond donors (Lipinski definition) is 2. The van der Waals surface area contributed by atoms with Gasteiger partial charge in [0.1, 0.15) is 0 Å². The fourth-order valence-electron chi connectivity index (χ4n) is 3.57. The monoisotopic (exact) mass is 434 g/mol. The number of anilines is 3. The summed E-state index contributed by atoms with van der Waals surface area (Å²) in [5, 5.41) is 13.7. The number of rotatable bonds is 10. The number of aromatic nitrogens is 2. The highest BCUT2D eigenvalue weighted by Crippen LogP contribution is 2.33. The molecule has 0 aliphatic heterocycles. The van der Waals surface area contributed by atoms with Gasteiger partial charge in [0.25, 0.3) is 0 Å². The van der Waals surface area contributed by atoms with Crippen molar-refractivity contribution in [2.75, 3.05) is 29.9 Å². The predicted molar refractivity (Wildman–Crippen MR) is 124 cm³/mol. The van der Waals surface area contributed by atoms with Crippen molar-refractivity contribution in [2.45, 2.75) is 39.7 Å². The minimum Gasteiger partial charge on any atom is -0.396 e. The number of benzene rings is 2. The lowest BCUT2D eigenvalue weighted by atomic mass is 10.2. The largest absolute Gasteiger partial charge is 0.396 e. The molecule has 3 rings (SSSR count). The number of unbranched alkanes of at least 4 members (excludes halogenated alkanes) is 2. The Bertz CT molecular complexity index is 953. The number of nitrogens with zero attached hydrogens (tertiary/aromatic N) is 3. The Labute approximate surface area is 182 Å². The molecule has 0 amide bonds. The number of imidazole rings is 1. The van der Waals surface area contributed by atoms with Crippen LogP contribution in [-0.4, -0.2) is 34.4 Å². The first-order valence-electron chi connectivity index (χ1n) is 10.2. The first-order chi connectivity index (χ1) is 14.1. The minimum atomic E-state index is 0.223. The summed E-state index contributed by atoms with van der Waals surface area (Å²) >= 11 is 12.4. The number of aryl methyl sites for hydroxylation is 1. The van der Waals surface area contributed by atoms with Crippen molar-refractivity contribution in [1.82, 2.24) is 9.55 Å². The average Bonchev–Trinajstić information content (AvgIpc) is 3.06. The van der Waals surface area contributed by atoms with Crippen LogP contribution in [0.5, 0.6) is 0 Å². The van der Waals surface area contributed by atoms with E-state index in [1.807, 2.05) is 18.2 Å². The lowest BCUT2D eigenvalue weighted by Gasteiger charge is -2.23. The minimum absolute atomic E-state index is 0.223. The van der Waals surface area contributed by atoms with E-state index < -0.39 is 0 Å². The van der Waals surface area contributed by atoms with Crippen molar-refractivity contribution < 1.29 is 5.11 Å². The van der Waals surface area contributed by atoms with Gasteiger partial charge in [-0.1, -0.05) is 29.3 Å². The molecule has 29 heavy (non-hydrogen) atoms. The van der Waals surface area contributed by atoms with E-state index in [-0.39, 0.29) is 6.61 Å². The van der Waals surface area contributed by atoms with Gasteiger partial charge in [0.05, 0.1) is 27.4 Å². The van der Waals surface area contributed by atoms with Crippen molar-refractivity contribution in [2.24, 2.45) is 0 Å². The molecular formula is C22H28Cl2N4O. The molecule has 2 N–H and O–H groups in total. The number of fused-ring (bicyclic) bond motifs is 1. The van der Waals surface area contributed by atoms with Crippen LogP contribution >= 0.6 is 23.2 Å². The maximum absolute atomic E-state index is 9.11. The van der Waals surface area contributed by atoms with Gasteiger partial charge in [0.2, 0.25) is 5.95 Å². The fraction of sp³-hybridized carbons (Fsp3) is 0.409. The van der Waals surface area contributed by atoms with Gasteiger partial charge in [0, 0.05) is 31.3 Å². The quantitative estimate of drug-likeness (QED) is 0.378. The van der Waals surface area contributed by atoms with E-state index >= 15 is 0 Å². The number of halogens is 2. The Kier molecular flexibility index (Phi) is 7.64. The Hall–Kier alpha value is -1.95. The molecule has 156 valence electrons. The zero-order chi connectivity index (χ0) is 20.8. The number of nitrogens with one attached hydrogen (secondary N) is 1. The second-order valence-electron chi connectivity index (χ2n) is 6.94. The summed E-state index contributed by atoms with van der Waals surface area (Å²) in [7, 11) is 0. The highest BCUT2D eigenvalue weighted by Gasteiger charge is 2.17. The summed E-state index contributed by atoms with van der Waals surface area (Å²) in [6.45, 7) is 7.21. The van der Waals surface area contributed by atoms with Crippen LogP contribution in [0.15, 0.2) is 36.4 Å². The van der Waals surface area contributed by atoms with Crippen molar-refractivity contribution in [3.05, 3.63) is 46.4 Å². The SMILES string of the molecule is CCN(CC)c1cccc2nc(Nc3ccc(Cl)cc3Cl)n(CCCCCO)c12. The van der Waals surface area contributed by atoms with Crippen LogP contribution in [0.25, 0.3) is 11.0 Å². The molecule has 5 nitrogen and oxygen atoms in total. The molecule has 0 fully saturated rings. The number of aliphatic hydroxyl groups is 1. The van der Waals surface area contributed by atoms with Gasteiger partial charge < -0.3 is 19.9 Å². The van der Waals surface area contributed by atoms with Crippen LogP contribution in [0.1, 0.15) is 33.1 Å². The standard InChI is InChI=1S/C22H28Cl2N4O/c1-3-27(4-2)20-10-8-9-19-21(20)28(13-6-5-7-14-29)22(26-19)25-18-12-11-16(23)15-17(18)24/h8-12,15,29H,3-7,13-14H2,1-2H3,(H,25,26). The number of aliphatic hydroxyl groups excluding tert-OH is 1. The highest BCUT2D eigenvalue weighted by molar-refractivity contribution is 6.36. The molecule has 7 heteroatoms. The Morgan fingerprint density at radius 3 is 2.55 bits per heavy atom. The zero-order valence-electron chi connectivity index (χ0n) is 17.0. The first kappa shape index (κ1) is 21.8. The lowest BCUT2D eigenvalue weighted by molar-refractivity contribution is 0.282. The molecule has 1 heterocycles. The Balaban J connectivity index is 2.06. The normalized spacial score (nSPS) is 11.2. The smallest absolute Gasteiger partial charge is 0.208 e. The summed E-state index contributed by atoms with van der Waals surface area (Å²) in [5.74, 6) is 0.757. The molecule has 3 aromatic rings. The van der Waals surface area contributed by atoms with E-state index in [0.29, 0.717) is 10.0 Å². The highest BCUT2D eigenvalue weighted by atomic mass is 35.5. The van der Waals surface area contributed by atoms with Gasteiger partial charge in [-0.2, -0.15) is 0 Å². The van der Waals surface area contributed by atoms with Gasteiger partial charge >= 0.3 is 0 Å². The van der Waals surface area contributed by atoms with E-state index in [4.69, 9.17) is 33.3 Å². The van der Waals surface area contributed by atoms with Crippen molar-refractivity contribution >= 4 is 51.6 Å².